The summed E-state index contributed by atoms with van der Waals surface area (Å²) < 4.78 is 67.3. The highest BCUT2D eigenvalue weighted by molar-refractivity contribution is 7.92. The molecule has 0 saturated carbocycles. The van der Waals surface area contributed by atoms with Gasteiger partial charge in [-0.25, -0.2) is 13.4 Å². The molecule has 2 N–H and O–H groups in total. The summed E-state index contributed by atoms with van der Waals surface area (Å²) in [6.45, 7) is 3.98. The zero-order valence-corrected chi connectivity index (χ0v) is 19.8. The molecule has 13 heteroatoms. The van der Waals surface area contributed by atoms with Gasteiger partial charge in [0.05, 0.1) is 32.3 Å². The minimum atomic E-state index is -4.87. The van der Waals surface area contributed by atoms with Gasteiger partial charge in [0, 0.05) is 24.7 Å². The summed E-state index contributed by atoms with van der Waals surface area (Å²) in [5, 5.41) is 9.47. The van der Waals surface area contributed by atoms with Crippen molar-refractivity contribution in [1.29, 1.82) is 0 Å². The number of likely N-dealkylation sites (tertiary alicyclic amines) is 1. The zero-order chi connectivity index (χ0) is 24.8. The van der Waals surface area contributed by atoms with Crippen LogP contribution in [0.15, 0.2) is 35.4 Å². The van der Waals surface area contributed by atoms with Gasteiger partial charge in [-0.15, -0.1) is 0 Å². The summed E-state index contributed by atoms with van der Waals surface area (Å²) in [5.74, 6) is -0.614. The van der Waals surface area contributed by atoms with Crippen molar-refractivity contribution in [3.63, 3.8) is 0 Å². The average molecular weight is 526 g/mol. The predicted octanol–water partition coefficient (Wildman–Crippen LogP) is 4.44. The number of aromatic nitrogens is 1. The second-order valence-corrected chi connectivity index (χ2v) is 10.8. The number of hydrogen-bond acceptors (Lipinski definition) is 5. The Hall–Kier alpha value is -2.08. The van der Waals surface area contributed by atoms with Crippen molar-refractivity contribution in [2.45, 2.75) is 37.4 Å². The van der Waals surface area contributed by atoms with E-state index in [1.165, 1.54) is 4.90 Å². The van der Waals surface area contributed by atoms with Crippen LogP contribution in [0.25, 0.3) is 0 Å². The van der Waals surface area contributed by atoms with E-state index in [9.17, 15) is 31.5 Å². The first-order valence-electron chi connectivity index (χ1n) is 9.64. The molecule has 180 valence electrons. The first kappa shape index (κ1) is 25.5. The van der Waals surface area contributed by atoms with Gasteiger partial charge in [-0.05, 0) is 30.7 Å². The number of halogens is 5. The number of rotatable bonds is 4. The van der Waals surface area contributed by atoms with Gasteiger partial charge in [0.15, 0.2) is 5.69 Å². The molecular weight excluding hydrogens is 506 g/mol. The second kappa shape index (κ2) is 8.94. The van der Waals surface area contributed by atoms with Gasteiger partial charge < -0.3 is 10.0 Å². The topological polar surface area (TPSA) is 99.6 Å². The molecule has 0 bridgehead atoms. The van der Waals surface area contributed by atoms with Crippen molar-refractivity contribution in [2.75, 3.05) is 17.8 Å². The van der Waals surface area contributed by atoms with Crippen LogP contribution in [0.1, 0.15) is 36.3 Å². The quantitative estimate of drug-likeness (QED) is 0.614. The van der Waals surface area contributed by atoms with E-state index in [0.29, 0.717) is 12.5 Å². The number of carbonyl (C=O) groups is 1. The molecule has 2 heterocycles. The highest BCUT2D eigenvalue weighted by Crippen LogP contribution is 2.36. The molecule has 0 spiro atoms. The number of nitrogens with zero attached hydrogens (tertiary/aromatic N) is 2. The number of aliphatic hydroxyl groups is 1. The Labute approximate surface area is 198 Å². The van der Waals surface area contributed by atoms with Gasteiger partial charge in [0.1, 0.15) is 0 Å². The van der Waals surface area contributed by atoms with Crippen LogP contribution in [0, 0.1) is 5.41 Å². The minimum absolute atomic E-state index is 0.00531. The number of alkyl halides is 3. The second-order valence-electron chi connectivity index (χ2n) is 8.31. The third-order valence-corrected chi connectivity index (χ3v) is 7.21. The van der Waals surface area contributed by atoms with Crippen LogP contribution in [-0.2, 0) is 16.2 Å². The van der Waals surface area contributed by atoms with Gasteiger partial charge in [-0.1, -0.05) is 37.0 Å². The first-order chi connectivity index (χ1) is 15.1. The van der Waals surface area contributed by atoms with Crippen LogP contribution in [0.4, 0.5) is 18.9 Å². The number of nitrogens with one attached hydrogen (secondary N) is 1. The van der Waals surface area contributed by atoms with Gasteiger partial charge in [0.25, 0.3) is 15.9 Å². The third-order valence-electron chi connectivity index (χ3n) is 5.31. The van der Waals surface area contributed by atoms with Gasteiger partial charge in [-0.3, -0.25) is 9.52 Å². The summed E-state index contributed by atoms with van der Waals surface area (Å²) in [7, 11) is -4.57. The van der Waals surface area contributed by atoms with E-state index in [1.54, 1.807) is 13.8 Å². The lowest BCUT2D eigenvalue weighted by Gasteiger charge is -2.41. The van der Waals surface area contributed by atoms with E-state index in [1.807, 2.05) is 0 Å². The van der Waals surface area contributed by atoms with Crippen molar-refractivity contribution in [3.05, 3.63) is 51.8 Å². The van der Waals surface area contributed by atoms with Gasteiger partial charge in [0.2, 0.25) is 0 Å². The Morgan fingerprint density at radius 2 is 1.94 bits per heavy atom. The number of hydrogen-bond donors (Lipinski definition) is 2. The van der Waals surface area contributed by atoms with Crippen molar-refractivity contribution in [1.82, 2.24) is 9.88 Å². The molecule has 3 rings (SSSR count). The van der Waals surface area contributed by atoms with Crippen LogP contribution in [0.5, 0.6) is 0 Å². The van der Waals surface area contributed by atoms with Crippen molar-refractivity contribution in [2.24, 2.45) is 5.41 Å². The largest absolute Gasteiger partial charge is 0.417 e. The molecule has 33 heavy (non-hydrogen) atoms. The van der Waals surface area contributed by atoms with Crippen molar-refractivity contribution < 1.29 is 31.5 Å². The SMILES string of the molecule is CC1(C)CN(C(=O)c2ncc(Cl)cc2NS(=O)(=O)c2ccc(Cl)c(C(F)(F)F)c2)CCC1O. The summed E-state index contributed by atoms with van der Waals surface area (Å²) in [6, 6.07) is 3.28. The smallest absolute Gasteiger partial charge is 0.392 e. The zero-order valence-electron chi connectivity index (χ0n) is 17.4. The Kier molecular flexibility index (Phi) is 6.92. The molecule has 1 aliphatic heterocycles. The molecule has 1 aromatic heterocycles. The van der Waals surface area contributed by atoms with E-state index in [4.69, 9.17) is 23.2 Å². The monoisotopic (exact) mass is 525 g/mol. The molecule has 1 amide bonds. The lowest BCUT2D eigenvalue weighted by molar-refractivity contribution is -0.137. The Balaban J connectivity index is 1.97. The third kappa shape index (κ3) is 5.53. The van der Waals surface area contributed by atoms with Gasteiger partial charge >= 0.3 is 6.18 Å². The highest BCUT2D eigenvalue weighted by atomic mass is 35.5. The van der Waals surface area contributed by atoms with Crippen LogP contribution < -0.4 is 4.72 Å². The Morgan fingerprint density at radius 3 is 2.55 bits per heavy atom. The van der Waals surface area contributed by atoms with E-state index >= 15 is 0 Å². The maximum atomic E-state index is 13.2. The van der Waals surface area contributed by atoms with Crippen LogP contribution >= 0.6 is 23.2 Å². The molecule has 0 aliphatic carbocycles. The number of sulfonamides is 1. The van der Waals surface area contributed by atoms with E-state index < -0.39 is 49.1 Å². The van der Waals surface area contributed by atoms with Crippen LogP contribution in [0.2, 0.25) is 10.0 Å². The number of piperidine rings is 1. The number of aliphatic hydroxyl groups excluding tert-OH is 1. The molecule has 2 aromatic rings. The van der Waals surface area contributed by atoms with Gasteiger partial charge in [-0.2, -0.15) is 13.2 Å². The molecule has 0 radical (unpaired) electrons. The normalized spacial score (nSPS) is 18.8. The summed E-state index contributed by atoms with van der Waals surface area (Å²) in [5.41, 5.74) is -2.49. The molecule has 1 fully saturated rings. The molecule has 1 aliphatic rings. The van der Waals surface area contributed by atoms with Crippen molar-refractivity contribution in [3.8, 4) is 0 Å². The highest BCUT2D eigenvalue weighted by Gasteiger charge is 2.38. The molecule has 1 unspecified atom stereocenters. The molecule has 1 atom stereocenters. The average Bonchev–Trinajstić information content (AvgIpc) is 2.68. The Bertz CT molecular complexity index is 1190. The summed E-state index contributed by atoms with van der Waals surface area (Å²) in [6.07, 6.45) is -4.02. The van der Waals surface area contributed by atoms with E-state index in [2.05, 4.69) is 9.71 Å². The first-order valence-corrected chi connectivity index (χ1v) is 11.9. The standard InChI is InChI=1S/C20H20Cl2F3N3O4S/c1-19(2)10-28(6-5-16(19)29)18(30)17-15(7-11(21)9-26-17)27-33(31,32)12-3-4-14(22)13(8-12)20(23,24)25/h3-4,7-9,16,27,29H,5-6,10H2,1-2H3. The Morgan fingerprint density at radius 1 is 1.27 bits per heavy atom. The number of amides is 1. The molecule has 7 nitrogen and oxygen atoms in total. The lowest BCUT2D eigenvalue weighted by atomic mass is 9.81. The lowest BCUT2D eigenvalue weighted by Crippen LogP contribution is -2.50. The van der Waals surface area contributed by atoms with Crippen LogP contribution in [0.3, 0.4) is 0 Å². The fraction of sp³-hybridized carbons (Fsp3) is 0.400. The van der Waals surface area contributed by atoms with E-state index in [-0.39, 0.29) is 29.5 Å². The maximum Gasteiger partial charge on any atom is 0.417 e. The molecular formula is C20H20Cl2F3N3O4S. The predicted molar refractivity (Wildman–Crippen MR) is 117 cm³/mol. The van der Waals surface area contributed by atoms with Crippen LogP contribution in [-0.4, -0.2) is 48.5 Å². The fourth-order valence-corrected chi connectivity index (χ4v) is 4.91. The number of anilines is 1. The summed E-state index contributed by atoms with van der Waals surface area (Å²) in [4.78, 5) is 17.8. The van der Waals surface area contributed by atoms with E-state index in [0.717, 1.165) is 24.4 Å². The number of carbonyl (C=O) groups excluding carboxylic acids is 1. The number of benzene rings is 1. The summed E-state index contributed by atoms with van der Waals surface area (Å²) >= 11 is 11.5. The maximum absolute atomic E-state index is 13.2. The fourth-order valence-electron chi connectivity index (χ4n) is 3.45. The number of pyridine rings is 1. The minimum Gasteiger partial charge on any atom is -0.392 e. The molecule has 1 saturated heterocycles. The molecule has 1 aromatic carbocycles. The van der Waals surface area contributed by atoms with Crippen molar-refractivity contribution >= 4 is 44.8 Å².